The van der Waals surface area contributed by atoms with Crippen LogP contribution in [0.1, 0.15) is 342 Å². The van der Waals surface area contributed by atoms with Gasteiger partial charge < -0.3 is 14.2 Å². The molecule has 67 heavy (non-hydrogen) atoms. The first-order valence-electron chi connectivity index (χ1n) is 30.2. The smallest absolute Gasteiger partial charge is 0.306 e. The molecule has 0 fully saturated rings. The van der Waals surface area contributed by atoms with E-state index in [1.165, 1.54) is 238 Å². The van der Waals surface area contributed by atoms with Crippen LogP contribution in [0.15, 0.2) is 12.2 Å². The van der Waals surface area contributed by atoms with Crippen molar-refractivity contribution in [1.82, 2.24) is 0 Å². The highest BCUT2D eigenvalue weighted by molar-refractivity contribution is 5.71. The predicted octanol–water partition coefficient (Wildman–Crippen LogP) is 20.1. The summed E-state index contributed by atoms with van der Waals surface area (Å²) in [5, 5.41) is 0. The molecule has 0 aliphatic carbocycles. The first-order chi connectivity index (χ1) is 33.0. The monoisotopic (exact) mass is 945 g/mol. The molecule has 0 saturated carbocycles. The Morgan fingerprint density at radius 1 is 0.284 bits per heavy atom. The van der Waals surface area contributed by atoms with Crippen molar-refractivity contribution in [2.75, 3.05) is 13.2 Å². The summed E-state index contributed by atoms with van der Waals surface area (Å²) >= 11 is 0. The summed E-state index contributed by atoms with van der Waals surface area (Å²) in [6.07, 6.45) is 65.0. The summed E-state index contributed by atoms with van der Waals surface area (Å²) in [6.45, 7) is 6.66. The number of unbranched alkanes of at least 4 members (excludes halogenated alkanes) is 43. The molecular formula is C61H116O6. The van der Waals surface area contributed by atoms with E-state index >= 15 is 0 Å². The molecule has 0 bridgehead atoms. The zero-order valence-electron chi connectivity index (χ0n) is 45.5. The Balaban J connectivity index is 4.21. The third-order valence-corrected chi connectivity index (χ3v) is 13.8. The van der Waals surface area contributed by atoms with Crippen molar-refractivity contribution in [3.63, 3.8) is 0 Å². The molecule has 1 unspecified atom stereocenters. The Hall–Kier alpha value is -1.85. The maximum absolute atomic E-state index is 12.8. The SMILES string of the molecule is CCCC/C=C\CCCCCCCC(=O)OCC(COC(=O)CCCCCCCCCCCCCCCCCCCCCCCC)OC(=O)CCCCCCCCCCCCCCCCCC. The van der Waals surface area contributed by atoms with Crippen LogP contribution in [0.2, 0.25) is 0 Å². The first kappa shape index (κ1) is 65.1. The largest absolute Gasteiger partial charge is 0.462 e. The predicted molar refractivity (Wildman–Crippen MR) is 289 cm³/mol. The van der Waals surface area contributed by atoms with Crippen LogP contribution in [-0.4, -0.2) is 37.2 Å². The van der Waals surface area contributed by atoms with Gasteiger partial charge in [0.15, 0.2) is 6.10 Å². The van der Waals surface area contributed by atoms with Gasteiger partial charge in [-0.05, 0) is 38.5 Å². The fourth-order valence-electron chi connectivity index (χ4n) is 9.19. The molecule has 0 heterocycles. The Kier molecular flexibility index (Phi) is 55.2. The van der Waals surface area contributed by atoms with Gasteiger partial charge in [0, 0.05) is 19.3 Å². The molecule has 0 aliphatic heterocycles. The van der Waals surface area contributed by atoms with E-state index in [0.717, 1.165) is 64.2 Å². The van der Waals surface area contributed by atoms with Gasteiger partial charge in [-0.1, -0.05) is 296 Å². The van der Waals surface area contributed by atoms with Crippen molar-refractivity contribution in [3.05, 3.63) is 12.2 Å². The van der Waals surface area contributed by atoms with E-state index in [4.69, 9.17) is 14.2 Å². The van der Waals surface area contributed by atoms with Gasteiger partial charge in [0.2, 0.25) is 0 Å². The molecule has 0 aromatic rings. The number of allylic oxidation sites excluding steroid dienone is 2. The van der Waals surface area contributed by atoms with Crippen molar-refractivity contribution in [2.24, 2.45) is 0 Å². The highest BCUT2D eigenvalue weighted by Gasteiger charge is 2.19. The van der Waals surface area contributed by atoms with E-state index < -0.39 is 6.10 Å². The van der Waals surface area contributed by atoms with Gasteiger partial charge in [-0.3, -0.25) is 14.4 Å². The summed E-state index contributed by atoms with van der Waals surface area (Å²) in [4.78, 5) is 38.1. The van der Waals surface area contributed by atoms with Crippen molar-refractivity contribution in [2.45, 2.75) is 348 Å². The highest BCUT2D eigenvalue weighted by atomic mass is 16.6. The van der Waals surface area contributed by atoms with E-state index in [9.17, 15) is 14.4 Å². The van der Waals surface area contributed by atoms with Crippen molar-refractivity contribution in [1.29, 1.82) is 0 Å². The minimum atomic E-state index is -0.767. The lowest BCUT2D eigenvalue weighted by Crippen LogP contribution is -2.30. The fraction of sp³-hybridized carbons (Fsp3) is 0.918. The normalized spacial score (nSPS) is 12.0. The number of hydrogen-bond acceptors (Lipinski definition) is 6. The third kappa shape index (κ3) is 55.0. The molecule has 396 valence electrons. The van der Waals surface area contributed by atoms with Crippen molar-refractivity contribution < 1.29 is 28.6 Å². The number of carbonyl (C=O) groups excluding carboxylic acids is 3. The lowest BCUT2D eigenvalue weighted by atomic mass is 10.0. The summed E-state index contributed by atoms with van der Waals surface area (Å²) in [7, 11) is 0. The fourth-order valence-corrected chi connectivity index (χ4v) is 9.19. The van der Waals surface area contributed by atoms with Crippen LogP contribution >= 0.6 is 0 Å². The molecule has 1 atom stereocenters. The van der Waals surface area contributed by atoms with Gasteiger partial charge in [-0.2, -0.15) is 0 Å². The molecule has 6 heteroatoms. The molecule has 0 radical (unpaired) electrons. The highest BCUT2D eigenvalue weighted by Crippen LogP contribution is 2.18. The van der Waals surface area contributed by atoms with Crippen LogP contribution < -0.4 is 0 Å². The molecule has 0 rings (SSSR count). The molecular weight excluding hydrogens is 829 g/mol. The van der Waals surface area contributed by atoms with Crippen molar-refractivity contribution in [3.8, 4) is 0 Å². The first-order valence-corrected chi connectivity index (χ1v) is 30.2. The molecule has 0 aromatic carbocycles. The lowest BCUT2D eigenvalue weighted by molar-refractivity contribution is -0.167. The van der Waals surface area contributed by atoms with Gasteiger partial charge in [-0.25, -0.2) is 0 Å². The molecule has 0 N–H and O–H groups in total. The minimum Gasteiger partial charge on any atom is -0.462 e. The van der Waals surface area contributed by atoms with Gasteiger partial charge in [0.25, 0.3) is 0 Å². The van der Waals surface area contributed by atoms with Crippen LogP contribution in [0.4, 0.5) is 0 Å². The minimum absolute atomic E-state index is 0.0665. The van der Waals surface area contributed by atoms with E-state index in [-0.39, 0.29) is 31.1 Å². The summed E-state index contributed by atoms with van der Waals surface area (Å²) in [6, 6.07) is 0. The van der Waals surface area contributed by atoms with Gasteiger partial charge >= 0.3 is 17.9 Å². The number of esters is 3. The second-order valence-electron chi connectivity index (χ2n) is 20.6. The molecule has 6 nitrogen and oxygen atoms in total. The van der Waals surface area contributed by atoms with Crippen LogP contribution in [0, 0.1) is 0 Å². The Labute approximate surface area is 418 Å². The van der Waals surface area contributed by atoms with Crippen LogP contribution in [-0.2, 0) is 28.6 Å². The quantitative estimate of drug-likeness (QED) is 0.0262. The van der Waals surface area contributed by atoms with Gasteiger partial charge in [0.1, 0.15) is 13.2 Å². The zero-order valence-corrected chi connectivity index (χ0v) is 45.5. The van der Waals surface area contributed by atoms with Crippen LogP contribution in [0.3, 0.4) is 0 Å². The number of hydrogen-bond donors (Lipinski definition) is 0. The van der Waals surface area contributed by atoms with Gasteiger partial charge in [-0.15, -0.1) is 0 Å². The van der Waals surface area contributed by atoms with Crippen LogP contribution in [0.5, 0.6) is 0 Å². The Morgan fingerprint density at radius 2 is 0.507 bits per heavy atom. The maximum Gasteiger partial charge on any atom is 0.306 e. The summed E-state index contributed by atoms with van der Waals surface area (Å²) < 4.78 is 16.9. The Bertz CT molecular complexity index is 1040. The number of carbonyl (C=O) groups is 3. The second-order valence-corrected chi connectivity index (χ2v) is 20.6. The molecule has 0 amide bonds. The number of rotatable bonds is 56. The molecule has 0 saturated heterocycles. The summed E-state index contributed by atoms with van der Waals surface area (Å²) in [5.41, 5.74) is 0. The van der Waals surface area contributed by atoms with Gasteiger partial charge in [0.05, 0.1) is 0 Å². The van der Waals surface area contributed by atoms with E-state index in [2.05, 4.69) is 32.9 Å². The van der Waals surface area contributed by atoms with Crippen LogP contribution in [0.25, 0.3) is 0 Å². The standard InChI is InChI=1S/C61H116O6/c1-4-7-10-13-16-19-22-24-26-28-29-30-31-32-33-35-36-39-42-45-48-51-54-60(63)66-57-58(56-65-59(62)53-50-47-44-41-38-21-18-15-12-9-6-3)67-61(64)55-52-49-46-43-40-37-34-27-25-23-20-17-14-11-8-5-2/h15,18,58H,4-14,16-17,19-57H2,1-3H3/b18-15-. The van der Waals surface area contributed by atoms with Crippen molar-refractivity contribution >= 4 is 17.9 Å². The lowest BCUT2D eigenvalue weighted by Gasteiger charge is -2.18. The Morgan fingerprint density at radius 3 is 0.791 bits per heavy atom. The summed E-state index contributed by atoms with van der Waals surface area (Å²) in [5.74, 6) is -0.851. The van der Waals surface area contributed by atoms with E-state index in [0.29, 0.717) is 19.3 Å². The molecule has 0 aliphatic rings. The zero-order chi connectivity index (χ0) is 48.6. The van der Waals surface area contributed by atoms with E-state index in [1.54, 1.807) is 0 Å². The second kappa shape index (κ2) is 56.7. The number of ether oxygens (including phenoxy) is 3. The molecule has 0 aromatic heterocycles. The topological polar surface area (TPSA) is 78.9 Å². The maximum atomic E-state index is 12.8. The average molecular weight is 946 g/mol. The van der Waals surface area contributed by atoms with E-state index in [1.807, 2.05) is 0 Å². The third-order valence-electron chi connectivity index (χ3n) is 13.8. The molecule has 0 spiro atoms. The average Bonchev–Trinajstić information content (AvgIpc) is 3.33.